The summed E-state index contributed by atoms with van der Waals surface area (Å²) in [6.07, 6.45) is 1.79. The molecule has 0 radical (unpaired) electrons. The minimum Gasteiger partial charge on any atom is -0.271 e. The molecule has 7 heteroatoms. The number of hydrogen-bond acceptors (Lipinski definition) is 6. The zero-order valence-electron chi connectivity index (χ0n) is 12.3. The van der Waals surface area contributed by atoms with E-state index in [4.69, 9.17) is 0 Å². The molecule has 0 bridgehead atoms. The van der Waals surface area contributed by atoms with Crippen LogP contribution in [0.3, 0.4) is 0 Å². The topological polar surface area (TPSA) is 57.5 Å². The average molecular weight is 302 g/mol. The van der Waals surface area contributed by atoms with Crippen LogP contribution in [-0.2, 0) is 0 Å². The Morgan fingerprint density at radius 2 is 2.05 bits per heavy atom. The molecule has 1 aliphatic rings. The average Bonchev–Trinajstić information content (AvgIpc) is 3.08. The predicted molar refractivity (Wildman–Crippen MR) is 85.5 cm³/mol. The molecule has 2 aromatic rings. The maximum absolute atomic E-state index is 4.63. The van der Waals surface area contributed by atoms with Crippen LogP contribution in [0, 0.1) is 13.8 Å². The summed E-state index contributed by atoms with van der Waals surface area (Å²) in [7, 11) is 0. The Kier molecular flexibility index (Phi) is 3.60. The second kappa shape index (κ2) is 5.42. The van der Waals surface area contributed by atoms with E-state index in [9.17, 15) is 0 Å². The summed E-state index contributed by atoms with van der Waals surface area (Å²) in [5, 5.41) is 11.4. The molecule has 1 aliphatic heterocycles. The Morgan fingerprint density at radius 3 is 2.76 bits per heavy atom. The van der Waals surface area contributed by atoms with Gasteiger partial charge in [0.1, 0.15) is 5.03 Å². The first-order valence-electron chi connectivity index (χ1n) is 6.82. The number of hydrazone groups is 1. The Morgan fingerprint density at radius 1 is 1.24 bits per heavy atom. The van der Waals surface area contributed by atoms with Crippen LogP contribution in [0.25, 0.3) is 5.69 Å². The van der Waals surface area contributed by atoms with Gasteiger partial charge in [-0.25, -0.2) is 10.2 Å². The van der Waals surface area contributed by atoms with Gasteiger partial charge in [-0.2, -0.15) is 5.10 Å². The van der Waals surface area contributed by atoms with Crippen LogP contribution in [0.4, 0.5) is 0 Å². The van der Waals surface area contributed by atoms with E-state index in [1.54, 1.807) is 6.20 Å². The van der Waals surface area contributed by atoms with E-state index >= 15 is 0 Å². The molecule has 0 unspecified atom stereocenters. The molecule has 0 fully saturated rings. The molecule has 0 atom stereocenters. The highest BCUT2D eigenvalue weighted by molar-refractivity contribution is 7.80. The number of nitrogens with zero attached hydrogens (tertiary/aromatic N) is 4. The highest BCUT2D eigenvalue weighted by Crippen LogP contribution is 2.22. The minimum absolute atomic E-state index is 0.765. The predicted octanol–water partition coefficient (Wildman–Crippen LogP) is 1.78. The van der Waals surface area contributed by atoms with E-state index in [1.807, 2.05) is 22.7 Å². The fourth-order valence-electron chi connectivity index (χ4n) is 2.23. The third-order valence-electron chi connectivity index (χ3n) is 3.64. The van der Waals surface area contributed by atoms with Gasteiger partial charge in [-0.3, -0.25) is 5.01 Å². The van der Waals surface area contributed by atoms with Gasteiger partial charge in [0.25, 0.3) is 0 Å². The van der Waals surface area contributed by atoms with Crippen molar-refractivity contribution in [1.29, 1.82) is 0 Å². The lowest BCUT2D eigenvalue weighted by Crippen LogP contribution is -2.40. The largest absolute Gasteiger partial charge is 0.271 e. The van der Waals surface area contributed by atoms with Gasteiger partial charge in [-0.15, -0.1) is 23.3 Å². The molecule has 1 aromatic heterocycles. The molecule has 1 aromatic carbocycles. The summed E-state index contributed by atoms with van der Waals surface area (Å²) in [4.78, 5) is 0. The molecule has 3 rings (SSSR count). The molecule has 21 heavy (non-hydrogen) atoms. The summed E-state index contributed by atoms with van der Waals surface area (Å²) in [6.45, 7) is 7.02. The number of benzene rings is 1. The van der Waals surface area contributed by atoms with E-state index in [0.717, 1.165) is 28.7 Å². The van der Waals surface area contributed by atoms with Crippen molar-refractivity contribution < 1.29 is 0 Å². The van der Waals surface area contributed by atoms with Gasteiger partial charge in [-0.1, -0.05) is 6.07 Å². The summed E-state index contributed by atoms with van der Waals surface area (Å²) in [5.41, 5.74) is 10.1. The number of thiol groups is 1. The summed E-state index contributed by atoms with van der Waals surface area (Å²) >= 11 is 4.63. The Bertz CT molecular complexity index is 705. The van der Waals surface area contributed by atoms with Crippen LogP contribution in [0.5, 0.6) is 0 Å². The van der Waals surface area contributed by atoms with Crippen LogP contribution >= 0.6 is 12.6 Å². The van der Waals surface area contributed by atoms with Crippen LogP contribution in [0.15, 0.2) is 34.5 Å². The van der Waals surface area contributed by atoms with Crippen molar-refractivity contribution in [3.05, 3.63) is 41.1 Å². The van der Waals surface area contributed by atoms with Gasteiger partial charge in [0.2, 0.25) is 0 Å². The maximum Gasteiger partial charge on any atom is 0.177 e. The lowest BCUT2D eigenvalue weighted by Gasteiger charge is -2.15. The zero-order chi connectivity index (χ0) is 15.0. The van der Waals surface area contributed by atoms with E-state index in [0.29, 0.717) is 0 Å². The first kappa shape index (κ1) is 14.0. The van der Waals surface area contributed by atoms with Gasteiger partial charge < -0.3 is 0 Å². The van der Waals surface area contributed by atoms with Gasteiger partial charge in [-0.05, 0) is 44.0 Å². The number of rotatable bonds is 3. The van der Waals surface area contributed by atoms with Crippen molar-refractivity contribution in [3.63, 3.8) is 0 Å². The molecule has 0 aliphatic carbocycles. The smallest absolute Gasteiger partial charge is 0.177 e. The normalized spacial score (nSPS) is 14.3. The van der Waals surface area contributed by atoms with Gasteiger partial charge in [0, 0.05) is 6.54 Å². The van der Waals surface area contributed by atoms with Crippen molar-refractivity contribution in [2.45, 2.75) is 25.8 Å². The highest BCUT2D eigenvalue weighted by Gasteiger charge is 2.22. The van der Waals surface area contributed by atoms with Gasteiger partial charge >= 0.3 is 0 Å². The van der Waals surface area contributed by atoms with Crippen LogP contribution in [0.2, 0.25) is 0 Å². The standard InChI is InChI=1S/C14H18N6S/c1-4-19-13(16-17-18-19)12-8-15-20(14(12)21)11-6-5-9(2)10(3)7-11/h5-8,17-18,21H,4H2,1-3H3. The molecule has 0 saturated carbocycles. The maximum atomic E-state index is 4.63. The molecule has 6 nitrogen and oxygen atoms in total. The lowest BCUT2D eigenvalue weighted by molar-refractivity contribution is 0.308. The van der Waals surface area contributed by atoms with E-state index in [2.05, 4.69) is 59.9 Å². The van der Waals surface area contributed by atoms with Crippen LogP contribution in [0.1, 0.15) is 23.6 Å². The first-order chi connectivity index (χ1) is 10.1. The van der Waals surface area contributed by atoms with Gasteiger partial charge in [0.15, 0.2) is 5.84 Å². The fourth-order valence-corrected chi connectivity index (χ4v) is 2.56. The summed E-state index contributed by atoms with van der Waals surface area (Å²) < 4.78 is 1.82. The molecule has 110 valence electrons. The minimum atomic E-state index is 0.765. The Labute approximate surface area is 129 Å². The Balaban J connectivity index is 2.01. The van der Waals surface area contributed by atoms with Crippen molar-refractivity contribution >= 4 is 18.5 Å². The molecule has 0 saturated heterocycles. The number of hydrazine groups is 2. The highest BCUT2D eigenvalue weighted by atomic mass is 32.1. The third kappa shape index (κ3) is 2.38. The van der Waals surface area contributed by atoms with Crippen molar-refractivity contribution in [1.82, 2.24) is 25.9 Å². The Hall–Kier alpha value is -1.99. The quantitative estimate of drug-likeness (QED) is 0.757. The van der Waals surface area contributed by atoms with Crippen LogP contribution in [-0.4, -0.2) is 27.2 Å². The van der Waals surface area contributed by atoms with Crippen molar-refractivity contribution in [3.8, 4) is 5.69 Å². The van der Waals surface area contributed by atoms with Gasteiger partial charge in [0.05, 0.1) is 17.4 Å². The van der Waals surface area contributed by atoms with Crippen molar-refractivity contribution in [2.75, 3.05) is 6.54 Å². The molecule has 0 spiro atoms. The van der Waals surface area contributed by atoms with E-state index in [-0.39, 0.29) is 0 Å². The summed E-state index contributed by atoms with van der Waals surface area (Å²) in [5.74, 6) is 0.789. The molecular weight excluding hydrogens is 284 g/mol. The second-order valence-electron chi connectivity index (χ2n) is 4.97. The number of aromatic nitrogens is 2. The summed E-state index contributed by atoms with van der Waals surface area (Å²) in [6, 6.07) is 6.24. The monoisotopic (exact) mass is 302 g/mol. The third-order valence-corrected chi connectivity index (χ3v) is 4.07. The van der Waals surface area contributed by atoms with E-state index in [1.165, 1.54) is 11.1 Å². The van der Waals surface area contributed by atoms with E-state index < -0.39 is 0 Å². The number of hydrogen-bond donors (Lipinski definition) is 3. The first-order valence-corrected chi connectivity index (χ1v) is 7.27. The SMILES string of the molecule is CCN1NNN=C1c1cnn(-c2ccc(C)c(C)c2)c1S. The second-order valence-corrected chi connectivity index (χ2v) is 5.39. The van der Waals surface area contributed by atoms with Crippen molar-refractivity contribution in [2.24, 2.45) is 5.10 Å². The fraction of sp³-hybridized carbons (Fsp3) is 0.286. The lowest BCUT2D eigenvalue weighted by atomic mass is 10.1. The number of aryl methyl sites for hydroxylation is 2. The number of amidine groups is 1. The molecule has 0 amide bonds. The van der Waals surface area contributed by atoms with Crippen LogP contribution < -0.4 is 11.1 Å². The molecule has 2 N–H and O–H groups in total. The molecule has 2 heterocycles. The molecular formula is C14H18N6S. The zero-order valence-corrected chi connectivity index (χ0v) is 13.1. The number of nitrogens with one attached hydrogen (secondary N) is 2.